The van der Waals surface area contributed by atoms with E-state index in [1.807, 2.05) is 24.1 Å². The second-order valence-electron chi connectivity index (χ2n) is 10.8. The smallest absolute Gasteiger partial charge is 0.252 e. The van der Waals surface area contributed by atoms with Crippen LogP contribution in [0.1, 0.15) is 35.5 Å². The number of nitrogens with zero attached hydrogens (tertiary/aromatic N) is 3. The minimum absolute atomic E-state index is 0.0261. The summed E-state index contributed by atoms with van der Waals surface area (Å²) in [5.74, 6) is -0.0261. The van der Waals surface area contributed by atoms with E-state index in [-0.39, 0.29) is 24.3 Å². The van der Waals surface area contributed by atoms with Crippen LogP contribution < -0.4 is 11.1 Å². The fourth-order valence-corrected chi connectivity index (χ4v) is 7.69. The molecule has 0 spiro atoms. The van der Waals surface area contributed by atoms with Gasteiger partial charge in [-0.25, -0.2) is 0 Å². The van der Waals surface area contributed by atoms with Gasteiger partial charge in [0.15, 0.2) is 10.8 Å². The molecule has 8 rings (SSSR count). The van der Waals surface area contributed by atoms with Gasteiger partial charge in [0.05, 0.1) is 33.7 Å². The molecule has 2 bridgehead atoms. The maximum Gasteiger partial charge on any atom is 0.252 e. The number of thiocarbonyl (C=S) groups is 1. The minimum Gasteiger partial charge on any atom is -0.376 e. The van der Waals surface area contributed by atoms with Gasteiger partial charge in [0, 0.05) is 48.7 Å². The molecule has 3 aromatic carbocycles. The van der Waals surface area contributed by atoms with Gasteiger partial charge in [-0.2, -0.15) is 0 Å². The first kappa shape index (κ1) is 22.3. The quantitative estimate of drug-likeness (QED) is 0.334. The van der Waals surface area contributed by atoms with Crippen LogP contribution in [0.2, 0.25) is 0 Å². The number of fused-ring (bicyclic) bond motifs is 13. The normalized spacial score (nSPS) is 25.9. The molecule has 5 heterocycles. The summed E-state index contributed by atoms with van der Waals surface area (Å²) in [6, 6.07) is 16.5. The van der Waals surface area contributed by atoms with Crippen LogP contribution in [0.25, 0.3) is 43.6 Å². The summed E-state index contributed by atoms with van der Waals surface area (Å²) in [6.45, 7) is 2.60. The van der Waals surface area contributed by atoms with Crippen LogP contribution in [-0.2, 0) is 21.7 Å². The average Bonchev–Trinajstić information content (AvgIpc) is 3.55. The van der Waals surface area contributed by atoms with Crippen LogP contribution in [0.5, 0.6) is 0 Å². The van der Waals surface area contributed by atoms with E-state index < -0.39 is 5.72 Å². The summed E-state index contributed by atoms with van der Waals surface area (Å²) in [5.41, 5.74) is 11.3. The van der Waals surface area contributed by atoms with Crippen molar-refractivity contribution in [2.24, 2.45) is 5.73 Å². The van der Waals surface area contributed by atoms with Crippen LogP contribution in [0, 0.1) is 0 Å². The molecule has 8 nitrogen and oxygen atoms in total. The number of rotatable bonds is 2. The molecule has 2 aromatic heterocycles. The summed E-state index contributed by atoms with van der Waals surface area (Å²) in [4.78, 5) is 15.4. The Kier molecular flexibility index (Phi) is 4.26. The second kappa shape index (κ2) is 7.25. The Hall–Kier alpha value is -3.66. The van der Waals surface area contributed by atoms with Gasteiger partial charge in [0.25, 0.3) is 5.91 Å². The lowest BCUT2D eigenvalue weighted by atomic mass is 9.92. The number of carbonyl (C=O) groups is 1. The van der Waals surface area contributed by atoms with E-state index in [1.165, 1.54) is 0 Å². The van der Waals surface area contributed by atoms with Crippen molar-refractivity contribution in [3.63, 3.8) is 0 Å². The molecule has 1 fully saturated rings. The molecule has 1 saturated heterocycles. The van der Waals surface area contributed by atoms with Gasteiger partial charge in [-0.05, 0) is 36.8 Å². The topological polar surface area (TPSA) is 86.7 Å². The van der Waals surface area contributed by atoms with Crippen molar-refractivity contribution in [3.05, 3.63) is 59.7 Å². The zero-order valence-corrected chi connectivity index (χ0v) is 22.1. The molecule has 9 heteroatoms. The highest BCUT2D eigenvalue weighted by Crippen LogP contribution is 2.54. The fourth-order valence-electron chi connectivity index (χ4n) is 7.56. The Morgan fingerprint density at radius 2 is 1.82 bits per heavy atom. The van der Waals surface area contributed by atoms with Gasteiger partial charge >= 0.3 is 0 Å². The third-order valence-corrected chi connectivity index (χ3v) is 9.33. The highest BCUT2D eigenvalue weighted by molar-refractivity contribution is 7.80. The molecule has 192 valence electrons. The van der Waals surface area contributed by atoms with Gasteiger partial charge in [0.2, 0.25) is 0 Å². The van der Waals surface area contributed by atoms with Crippen LogP contribution in [0.4, 0.5) is 0 Å². The third-order valence-electron chi connectivity index (χ3n) is 9.04. The molecule has 0 radical (unpaired) electrons. The number of nitrogens with two attached hydrogens (primary N) is 1. The average molecular weight is 526 g/mol. The number of aromatic nitrogens is 2. The van der Waals surface area contributed by atoms with E-state index in [2.05, 4.69) is 57.8 Å². The molecule has 1 amide bonds. The number of carbonyl (C=O) groups excluding carboxylic acids is 1. The maximum atomic E-state index is 13.4. The predicted octanol–water partition coefficient (Wildman–Crippen LogP) is 4.31. The Morgan fingerprint density at radius 1 is 1.13 bits per heavy atom. The summed E-state index contributed by atoms with van der Waals surface area (Å²) in [7, 11) is 3.66. The Bertz CT molecular complexity index is 1890. The SMILES string of the molecule is CO[C@@H]1[C@H](N(C)C(N)=S)C[C@H]2O[C@]1(C)n1c3ccccc3c3c4c(c5c6ccccc6n2c5c31)C(=O)NC4. The number of nitrogens with one attached hydrogen (secondary N) is 1. The van der Waals surface area contributed by atoms with Crippen molar-refractivity contribution in [2.45, 2.75) is 44.0 Å². The molecule has 4 atom stereocenters. The standard InChI is InChI=1S/C29H27N5O3S/c1-29-26(36-3)19(32(2)28(30)38)12-20(37-29)33-17-10-6-4-8-14(17)22-23-16(13-31-27(23)35)21-15-9-5-7-11-18(15)34(29)25(21)24(22)33/h4-11,19-20,26H,12-13H2,1-3H3,(H2,30,38)(H,31,35)/t19-,20-,26-,29+/m1/s1. The molecule has 3 aliphatic rings. The third kappa shape index (κ3) is 2.43. The van der Waals surface area contributed by atoms with Gasteiger partial charge in [-0.3, -0.25) is 4.79 Å². The van der Waals surface area contributed by atoms with Crippen LogP contribution in [0.3, 0.4) is 0 Å². The van der Waals surface area contributed by atoms with Crippen molar-refractivity contribution in [3.8, 4) is 0 Å². The molecule has 3 aliphatic heterocycles. The van der Waals surface area contributed by atoms with Crippen molar-refractivity contribution in [1.82, 2.24) is 19.4 Å². The maximum absolute atomic E-state index is 13.4. The molecular formula is C29H27N5O3S. The molecule has 0 unspecified atom stereocenters. The predicted molar refractivity (Wildman–Crippen MR) is 151 cm³/mol. The number of amides is 1. The van der Waals surface area contributed by atoms with Crippen molar-refractivity contribution >= 4 is 66.8 Å². The molecule has 5 aromatic rings. The zero-order chi connectivity index (χ0) is 26.1. The lowest BCUT2D eigenvalue weighted by molar-refractivity contribution is -0.263. The molecular weight excluding hydrogens is 498 g/mol. The van der Waals surface area contributed by atoms with Crippen LogP contribution >= 0.6 is 12.2 Å². The number of para-hydroxylation sites is 2. The number of ether oxygens (including phenoxy) is 2. The first-order valence-electron chi connectivity index (χ1n) is 12.9. The van der Waals surface area contributed by atoms with E-state index >= 15 is 0 Å². The highest BCUT2D eigenvalue weighted by Gasteiger charge is 2.54. The van der Waals surface area contributed by atoms with Crippen molar-refractivity contribution in [1.29, 1.82) is 0 Å². The minimum atomic E-state index is -0.889. The Morgan fingerprint density at radius 3 is 2.53 bits per heavy atom. The summed E-state index contributed by atoms with van der Waals surface area (Å²) in [5, 5.41) is 7.66. The van der Waals surface area contributed by atoms with Crippen molar-refractivity contribution < 1.29 is 14.3 Å². The molecule has 0 aliphatic carbocycles. The zero-order valence-electron chi connectivity index (χ0n) is 21.3. The Balaban J connectivity index is 1.66. The van der Waals surface area contributed by atoms with Crippen LogP contribution in [0.15, 0.2) is 48.5 Å². The van der Waals surface area contributed by atoms with Gasteiger partial charge in [-0.1, -0.05) is 36.4 Å². The lowest BCUT2D eigenvalue weighted by Crippen LogP contribution is -2.61. The second-order valence-corrected chi connectivity index (χ2v) is 11.2. The van der Waals surface area contributed by atoms with Crippen LogP contribution in [-0.4, -0.2) is 51.4 Å². The fraction of sp³-hybridized carbons (Fsp3) is 0.310. The summed E-state index contributed by atoms with van der Waals surface area (Å²) in [6.07, 6.45) is -0.0911. The van der Waals surface area contributed by atoms with Gasteiger partial charge < -0.3 is 34.6 Å². The van der Waals surface area contributed by atoms with Gasteiger partial charge in [0.1, 0.15) is 12.3 Å². The number of hydrogen-bond donors (Lipinski definition) is 2. The molecule has 38 heavy (non-hydrogen) atoms. The number of hydrogen-bond acceptors (Lipinski definition) is 4. The van der Waals surface area contributed by atoms with E-state index in [0.717, 1.165) is 54.7 Å². The first-order chi connectivity index (χ1) is 18.4. The van der Waals surface area contributed by atoms with E-state index in [1.54, 1.807) is 7.11 Å². The number of methoxy groups -OCH3 is 1. The van der Waals surface area contributed by atoms with E-state index in [4.69, 9.17) is 27.4 Å². The van der Waals surface area contributed by atoms with Crippen molar-refractivity contribution in [2.75, 3.05) is 14.2 Å². The number of benzene rings is 3. The largest absolute Gasteiger partial charge is 0.376 e. The van der Waals surface area contributed by atoms with Gasteiger partial charge in [-0.15, -0.1) is 0 Å². The first-order valence-corrected chi connectivity index (χ1v) is 13.3. The summed E-state index contributed by atoms with van der Waals surface area (Å²) < 4.78 is 18.0. The highest BCUT2D eigenvalue weighted by atomic mass is 32.1. The Labute approximate surface area is 223 Å². The van der Waals surface area contributed by atoms with E-state index in [9.17, 15) is 4.79 Å². The monoisotopic (exact) mass is 525 g/mol. The molecule has 0 saturated carbocycles. The summed E-state index contributed by atoms with van der Waals surface area (Å²) >= 11 is 5.44. The number of likely N-dealkylation sites (N-methyl/N-ethyl adjacent to an activating group) is 1. The molecule has 3 N–H and O–H groups in total. The van der Waals surface area contributed by atoms with E-state index in [0.29, 0.717) is 18.1 Å². The lowest BCUT2D eigenvalue weighted by Gasteiger charge is -2.50.